The van der Waals surface area contributed by atoms with Crippen LogP contribution in [0.15, 0.2) is 59.0 Å². The van der Waals surface area contributed by atoms with E-state index in [-0.39, 0.29) is 29.8 Å². The third kappa shape index (κ3) is 5.07. The molecule has 1 aromatic heterocycles. The molecule has 3 aromatic rings. The SMILES string of the molecule is O=C(/C=C/c1cccc([N+](=O)[O-])c1)OCc1nnc(-c2ccc([N+](=O)[O-])cc2)o1. The van der Waals surface area contributed by atoms with Crippen molar-refractivity contribution >= 4 is 23.4 Å². The Morgan fingerprint density at radius 3 is 2.45 bits per heavy atom. The Hall–Kier alpha value is -4.41. The number of nitro groups is 2. The standard InChI is InChI=1S/C18H12N4O7/c23-17(9-4-12-2-1-3-15(10-12)22(26)27)28-11-16-19-20-18(29-16)13-5-7-14(8-6-13)21(24)25/h1-10H,11H2/b9-4+. The molecule has 2 aromatic carbocycles. The van der Waals surface area contributed by atoms with Gasteiger partial charge in [0.1, 0.15) is 0 Å². The molecule has 29 heavy (non-hydrogen) atoms. The molecule has 146 valence electrons. The Morgan fingerprint density at radius 2 is 1.76 bits per heavy atom. The minimum absolute atomic E-state index is 0.0375. The summed E-state index contributed by atoms with van der Waals surface area (Å²) in [6.07, 6.45) is 2.50. The largest absolute Gasteiger partial charge is 0.452 e. The fourth-order valence-electron chi connectivity index (χ4n) is 2.24. The first-order valence-corrected chi connectivity index (χ1v) is 8.09. The third-order valence-electron chi connectivity index (χ3n) is 3.62. The highest BCUT2D eigenvalue weighted by Gasteiger charge is 2.12. The van der Waals surface area contributed by atoms with Crippen LogP contribution in [0.25, 0.3) is 17.5 Å². The normalized spacial score (nSPS) is 10.8. The lowest BCUT2D eigenvalue weighted by Gasteiger charge is -1.98. The molecule has 0 amide bonds. The minimum atomic E-state index is -0.702. The van der Waals surface area contributed by atoms with Gasteiger partial charge in [0.05, 0.1) is 9.85 Å². The summed E-state index contributed by atoms with van der Waals surface area (Å²) in [6, 6.07) is 11.3. The van der Waals surface area contributed by atoms with E-state index in [1.807, 2.05) is 0 Å². The molecule has 0 spiro atoms. The number of carbonyl (C=O) groups excluding carboxylic acids is 1. The van der Waals surface area contributed by atoms with Crippen LogP contribution in [0.5, 0.6) is 0 Å². The van der Waals surface area contributed by atoms with Crippen LogP contribution < -0.4 is 0 Å². The van der Waals surface area contributed by atoms with Crippen molar-refractivity contribution in [1.82, 2.24) is 10.2 Å². The molecule has 3 rings (SSSR count). The summed E-state index contributed by atoms with van der Waals surface area (Å²) in [6.45, 7) is -0.280. The van der Waals surface area contributed by atoms with Gasteiger partial charge in [-0.15, -0.1) is 10.2 Å². The highest BCUT2D eigenvalue weighted by atomic mass is 16.6. The predicted octanol–water partition coefficient (Wildman–Crippen LogP) is 3.31. The quantitative estimate of drug-likeness (QED) is 0.253. The van der Waals surface area contributed by atoms with Gasteiger partial charge in [-0.2, -0.15) is 0 Å². The maximum Gasteiger partial charge on any atom is 0.331 e. The fourth-order valence-corrected chi connectivity index (χ4v) is 2.24. The Labute approximate surface area is 162 Å². The molecule has 0 bridgehead atoms. The molecule has 0 saturated heterocycles. The maximum absolute atomic E-state index is 11.8. The van der Waals surface area contributed by atoms with E-state index in [9.17, 15) is 25.0 Å². The Morgan fingerprint density at radius 1 is 1.03 bits per heavy atom. The molecule has 0 aliphatic carbocycles. The first kappa shape index (κ1) is 19.4. The molecule has 0 saturated carbocycles. The second-order valence-electron chi connectivity index (χ2n) is 5.60. The van der Waals surface area contributed by atoms with Crippen molar-refractivity contribution in [3.63, 3.8) is 0 Å². The molecule has 0 fully saturated rings. The topological polar surface area (TPSA) is 152 Å². The van der Waals surface area contributed by atoms with E-state index in [1.54, 1.807) is 6.07 Å². The molecular formula is C18H12N4O7. The van der Waals surface area contributed by atoms with Gasteiger partial charge in [-0.1, -0.05) is 12.1 Å². The van der Waals surface area contributed by atoms with E-state index in [0.717, 1.165) is 6.08 Å². The third-order valence-corrected chi connectivity index (χ3v) is 3.62. The van der Waals surface area contributed by atoms with Crippen LogP contribution in [0.3, 0.4) is 0 Å². The number of rotatable bonds is 7. The molecule has 0 atom stereocenters. The highest BCUT2D eigenvalue weighted by Crippen LogP contribution is 2.21. The number of nitro benzene ring substituents is 2. The van der Waals surface area contributed by atoms with Crippen molar-refractivity contribution < 1.29 is 23.8 Å². The molecule has 11 heteroatoms. The summed E-state index contributed by atoms with van der Waals surface area (Å²) < 4.78 is 10.3. The van der Waals surface area contributed by atoms with Crippen LogP contribution >= 0.6 is 0 Å². The van der Waals surface area contributed by atoms with E-state index in [2.05, 4.69) is 10.2 Å². The number of non-ortho nitro benzene ring substituents is 2. The molecule has 0 radical (unpaired) electrons. The van der Waals surface area contributed by atoms with Gasteiger partial charge in [0.25, 0.3) is 17.3 Å². The zero-order valence-corrected chi connectivity index (χ0v) is 14.6. The van der Waals surface area contributed by atoms with Crippen LogP contribution in [0.1, 0.15) is 11.5 Å². The van der Waals surface area contributed by atoms with Crippen LogP contribution in [0.4, 0.5) is 11.4 Å². The summed E-state index contributed by atoms with van der Waals surface area (Å²) in [7, 11) is 0. The van der Waals surface area contributed by atoms with Gasteiger partial charge in [0.15, 0.2) is 6.61 Å². The van der Waals surface area contributed by atoms with E-state index in [4.69, 9.17) is 9.15 Å². The van der Waals surface area contributed by atoms with Gasteiger partial charge >= 0.3 is 5.97 Å². The van der Waals surface area contributed by atoms with Gasteiger partial charge in [-0.3, -0.25) is 20.2 Å². The van der Waals surface area contributed by atoms with Crippen molar-refractivity contribution in [2.24, 2.45) is 0 Å². The highest BCUT2D eigenvalue weighted by molar-refractivity contribution is 5.87. The number of aromatic nitrogens is 2. The monoisotopic (exact) mass is 396 g/mol. The van der Waals surface area contributed by atoms with Crippen LogP contribution in [-0.2, 0) is 16.1 Å². The summed E-state index contributed by atoms with van der Waals surface area (Å²) >= 11 is 0. The lowest BCUT2D eigenvalue weighted by molar-refractivity contribution is -0.385. The average molecular weight is 396 g/mol. The van der Waals surface area contributed by atoms with Crippen molar-refractivity contribution in [3.8, 4) is 11.5 Å². The fraction of sp³-hybridized carbons (Fsp3) is 0.0556. The zero-order valence-electron chi connectivity index (χ0n) is 14.6. The van der Waals surface area contributed by atoms with Crippen LogP contribution in [0, 0.1) is 20.2 Å². The maximum atomic E-state index is 11.8. The number of esters is 1. The van der Waals surface area contributed by atoms with E-state index >= 15 is 0 Å². The molecule has 0 unspecified atom stereocenters. The Balaban J connectivity index is 1.57. The van der Waals surface area contributed by atoms with Gasteiger partial charge < -0.3 is 9.15 Å². The van der Waals surface area contributed by atoms with Gasteiger partial charge in [0, 0.05) is 35.9 Å². The molecule has 11 nitrogen and oxygen atoms in total. The number of carbonyl (C=O) groups is 1. The van der Waals surface area contributed by atoms with Crippen molar-refractivity contribution in [1.29, 1.82) is 0 Å². The Kier molecular flexibility index (Phi) is 5.69. The minimum Gasteiger partial charge on any atom is -0.452 e. The number of hydrogen-bond acceptors (Lipinski definition) is 9. The van der Waals surface area contributed by atoms with Crippen molar-refractivity contribution in [2.75, 3.05) is 0 Å². The first-order chi connectivity index (χ1) is 13.9. The lowest BCUT2D eigenvalue weighted by Crippen LogP contribution is -2.01. The summed E-state index contributed by atoms with van der Waals surface area (Å²) in [4.78, 5) is 32.1. The van der Waals surface area contributed by atoms with Crippen LogP contribution in [-0.4, -0.2) is 26.0 Å². The number of benzene rings is 2. The molecule has 0 aliphatic rings. The number of hydrogen-bond donors (Lipinski definition) is 0. The second-order valence-corrected chi connectivity index (χ2v) is 5.60. The van der Waals surface area contributed by atoms with Crippen LogP contribution in [0.2, 0.25) is 0 Å². The summed E-state index contributed by atoms with van der Waals surface area (Å²) in [5.41, 5.74) is 0.781. The van der Waals surface area contributed by atoms with Crippen molar-refractivity contribution in [2.45, 2.75) is 6.61 Å². The van der Waals surface area contributed by atoms with Gasteiger partial charge in [0.2, 0.25) is 5.89 Å². The lowest BCUT2D eigenvalue weighted by atomic mass is 10.2. The smallest absolute Gasteiger partial charge is 0.331 e. The first-order valence-electron chi connectivity index (χ1n) is 8.09. The molecule has 0 N–H and O–H groups in total. The molecule has 0 aliphatic heterocycles. The second kappa shape index (κ2) is 8.52. The van der Waals surface area contributed by atoms with E-state index in [1.165, 1.54) is 48.5 Å². The number of nitrogens with zero attached hydrogens (tertiary/aromatic N) is 4. The molecular weight excluding hydrogens is 384 g/mol. The molecule has 1 heterocycles. The van der Waals surface area contributed by atoms with Crippen molar-refractivity contribution in [3.05, 3.63) is 86.3 Å². The predicted molar refractivity (Wildman–Crippen MR) is 98.3 cm³/mol. The Bertz CT molecular complexity index is 1090. The van der Waals surface area contributed by atoms with E-state index in [0.29, 0.717) is 11.1 Å². The summed E-state index contributed by atoms with van der Waals surface area (Å²) in [5, 5.41) is 28.9. The van der Waals surface area contributed by atoms with Gasteiger partial charge in [-0.25, -0.2) is 4.79 Å². The van der Waals surface area contributed by atoms with Gasteiger partial charge in [-0.05, 0) is 23.8 Å². The number of ether oxygens (including phenoxy) is 1. The average Bonchev–Trinajstić information content (AvgIpc) is 3.20. The summed E-state index contributed by atoms with van der Waals surface area (Å²) in [5.74, 6) is -0.542. The van der Waals surface area contributed by atoms with E-state index < -0.39 is 15.8 Å². The zero-order chi connectivity index (χ0) is 20.8.